The van der Waals surface area contributed by atoms with Gasteiger partial charge in [-0.15, -0.1) is 11.8 Å². The van der Waals surface area contributed by atoms with E-state index < -0.39 is 0 Å². The van der Waals surface area contributed by atoms with Gasteiger partial charge in [-0.2, -0.15) is 0 Å². The molecular weight excluding hydrogens is 358 g/mol. The zero-order valence-corrected chi connectivity index (χ0v) is 18.5. The first-order valence-corrected chi connectivity index (χ1v) is 12.0. The van der Waals surface area contributed by atoms with Crippen molar-refractivity contribution in [3.05, 3.63) is 0 Å². The first kappa shape index (κ1) is 24.2. The number of rotatable bonds is 16. The summed E-state index contributed by atoms with van der Waals surface area (Å²) in [5.41, 5.74) is 0. The molecule has 1 aliphatic heterocycles. The second-order valence-corrected chi connectivity index (χ2v) is 9.04. The van der Waals surface area contributed by atoms with Crippen LogP contribution in [0.15, 0.2) is 0 Å². The molecule has 0 aliphatic carbocycles. The molecule has 0 spiro atoms. The number of ketones is 1. The summed E-state index contributed by atoms with van der Waals surface area (Å²) in [6, 6.07) is 0. The third-order valence-electron chi connectivity index (χ3n) is 5.50. The number of amides is 2. The Bertz CT molecular complexity index is 466. The highest BCUT2D eigenvalue weighted by molar-refractivity contribution is 8.00. The lowest BCUT2D eigenvalue weighted by Gasteiger charge is -2.16. The van der Waals surface area contributed by atoms with Crippen molar-refractivity contribution in [3.8, 4) is 0 Å². The largest absolute Gasteiger partial charge is 0.300 e. The van der Waals surface area contributed by atoms with Crippen molar-refractivity contribution < 1.29 is 14.4 Å². The van der Waals surface area contributed by atoms with Crippen LogP contribution >= 0.6 is 11.8 Å². The Hall–Kier alpha value is -0.840. The smallest absolute Gasteiger partial charge is 0.242 e. The minimum atomic E-state index is -0.283. The maximum atomic E-state index is 12.5. The summed E-state index contributed by atoms with van der Waals surface area (Å²) < 4.78 is 0. The Balaban J connectivity index is 2.16. The number of nitrogens with zero attached hydrogens (tertiary/aromatic N) is 1. The van der Waals surface area contributed by atoms with E-state index in [4.69, 9.17) is 0 Å². The Morgan fingerprint density at radius 2 is 1.56 bits per heavy atom. The minimum Gasteiger partial charge on any atom is -0.300 e. The molecule has 2 unspecified atom stereocenters. The topological polar surface area (TPSA) is 54.5 Å². The van der Waals surface area contributed by atoms with Crippen LogP contribution in [0.2, 0.25) is 0 Å². The lowest BCUT2D eigenvalue weighted by Crippen LogP contribution is -2.32. The molecule has 0 aromatic carbocycles. The first-order chi connectivity index (χ1) is 13.0. The molecule has 1 aliphatic rings. The predicted molar refractivity (Wildman–Crippen MR) is 114 cm³/mol. The van der Waals surface area contributed by atoms with E-state index in [1.165, 1.54) is 68.0 Å². The molecule has 156 valence electrons. The van der Waals surface area contributed by atoms with Crippen molar-refractivity contribution in [2.75, 3.05) is 12.3 Å². The molecule has 1 fully saturated rings. The highest BCUT2D eigenvalue weighted by Crippen LogP contribution is 2.28. The van der Waals surface area contributed by atoms with Gasteiger partial charge in [0.1, 0.15) is 5.78 Å². The molecule has 5 heteroatoms. The van der Waals surface area contributed by atoms with Crippen molar-refractivity contribution in [3.63, 3.8) is 0 Å². The van der Waals surface area contributed by atoms with Gasteiger partial charge in [-0.3, -0.25) is 19.3 Å². The molecule has 0 saturated carbocycles. The lowest BCUT2D eigenvalue weighted by molar-refractivity contribution is -0.138. The Morgan fingerprint density at radius 3 is 2.07 bits per heavy atom. The highest BCUT2D eigenvalue weighted by atomic mass is 32.2. The number of carbonyl (C=O) groups is 3. The monoisotopic (exact) mass is 397 g/mol. The fourth-order valence-electron chi connectivity index (χ4n) is 3.53. The van der Waals surface area contributed by atoms with Gasteiger partial charge >= 0.3 is 0 Å². The number of likely N-dealkylation sites (tertiary alicyclic amines) is 1. The second-order valence-electron chi connectivity index (χ2n) is 7.81. The van der Waals surface area contributed by atoms with Crippen molar-refractivity contribution in [2.24, 2.45) is 5.92 Å². The summed E-state index contributed by atoms with van der Waals surface area (Å²) in [4.78, 5) is 37.6. The molecule has 1 saturated heterocycles. The molecule has 2 amide bonds. The van der Waals surface area contributed by atoms with E-state index in [0.29, 0.717) is 18.7 Å². The van der Waals surface area contributed by atoms with Crippen LogP contribution < -0.4 is 0 Å². The van der Waals surface area contributed by atoms with Gasteiger partial charge in [0, 0.05) is 24.6 Å². The van der Waals surface area contributed by atoms with E-state index in [0.717, 1.165) is 19.3 Å². The van der Waals surface area contributed by atoms with Gasteiger partial charge in [0.05, 0.1) is 5.25 Å². The Labute approximate surface area is 170 Å². The maximum Gasteiger partial charge on any atom is 0.242 e. The number of unbranched alkanes of at least 4 members (excludes halogenated alkanes) is 9. The lowest BCUT2D eigenvalue weighted by atomic mass is 10.1. The summed E-state index contributed by atoms with van der Waals surface area (Å²) >= 11 is 1.49. The summed E-state index contributed by atoms with van der Waals surface area (Å²) in [6.07, 6.45) is 13.5. The standard InChI is InChI=1S/C22H39NO3S/c1-4-6-7-8-9-10-11-12-13-14-15-23-21(25)16-20(22(23)26)27-17-19(5-2)18(3)24/h19-20H,4-17H2,1-3H3. The molecule has 0 N–H and O–H groups in total. The Kier molecular flexibility index (Phi) is 12.7. The maximum absolute atomic E-state index is 12.5. The van der Waals surface area contributed by atoms with Gasteiger partial charge in [-0.25, -0.2) is 0 Å². The van der Waals surface area contributed by atoms with Crippen LogP contribution in [0.25, 0.3) is 0 Å². The number of carbonyl (C=O) groups excluding carboxylic acids is 3. The molecule has 1 heterocycles. The van der Waals surface area contributed by atoms with Crippen molar-refractivity contribution in [2.45, 2.75) is 103 Å². The van der Waals surface area contributed by atoms with Crippen LogP contribution in [0.1, 0.15) is 97.8 Å². The van der Waals surface area contributed by atoms with Gasteiger partial charge < -0.3 is 0 Å². The zero-order chi connectivity index (χ0) is 20.1. The fourth-order valence-corrected chi connectivity index (χ4v) is 5.00. The number of hydrogen-bond acceptors (Lipinski definition) is 4. The van der Waals surface area contributed by atoms with E-state index in [2.05, 4.69) is 6.92 Å². The zero-order valence-electron chi connectivity index (χ0n) is 17.6. The molecule has 4 nitrogen and oxygen atoms in total. The van der Waals surface area contributed by atoms with Gasteiger partial charge in [0.2, 0.25) is 11.8 Å². The van der Waals surface area contributed by atoms with Crippen LogP contribution in [0, 0.1) is 5.92 Å². The van der Waals surface area contributed by atoms with Crippen LogP contribution in [0.5, 0.6) is 0 Å². The van der Waals surface area contributed by atoms with Crippen LogP contribution in [0.3, 0.4) is 0 Å². The van der Waals surface area contributed by atoms with Gasteiger partial charge in [0.15, 0.2) is 0 Å². The average Bonchev–Trinajstić information content (AvgIpc) is 2.90. The number of Topliss-reactive ketones (excluding diaryl/α,β-unsaturated/α-hetero) is 1. The molecule has 27 heavy (non-hydrogen) atoms. The van der Waals surface area contributed by atoms with E-state index >= 15 is 0 Å². The highest BCUT2D eigenvalue weighted by Gasteiger charge is 2.38. The van der Waals surface area contributed by atoms with E-state index in [1.54, 1.807) is 6.92 Å². The SMILES string of the molecule is CCCCCCCCCCCCN1C(=O)CC(SCC(CC)C(C)=O)C1=O. The van der Waals surface area contributed by atoms with Gasteiger partial charge in [-0.05, 0) is 19.8 Å². The molecule has 2 atom stereocenters. The number of hydrogen-bond donors (Lipinski definition) is 0. The summed E-state index contributed by atoms with van der Waals surface area (Å²) in [5, 5.41) is -0.283. The third kappa shape index (κ3) is 9.27. The normalized spacial score (nSPS) is 18.3. The molecule has 1 rings (SSSR count). The van der Waals surface area contributed by atoms with Crippen LogP contribution in [-0.4, -0.2) is 40.0 Å². The number of imide groups is 1. The third-order valence-corrected chi connectivity index (χ3v) is 6.87. The van der Waals surface area contributed by atoms with Crippen molar-refractivity contribution in [1.82, 2.24) is 4.90 Å². The summed E-state index contributed by atoms with van der Waals surface area (Å²) in [5.74, 6) is 0.725. The molecule has 0 radical (unpaired) electrons. The average molecular weight is 398 g/mol. The van der Waals surface area contributed by atoms with E-state index in [1.807, 2.05) is 6.92 Å². The molecule has 0 bridgehead atoms. The molecule has 0 aromatic rings. The second kappa shape index (κ2) is 14.2. The quantitative estimate of drug-likeness (QED) is 0.259. The van der Waals surface area contributed by atoms with Crippen molar-refractivity contribution >= 4 is 29.4 Å². The predicted octanol–water partition coefficient (Wildman–Crippen LogP) is 5.38. The first-order valence-electron chi connectivity index (χ1n) is 11.0. The molecular formula is C22H39NO3S. The van der Waals surface area contributed by atoms with E-state index in [9.17, 15) is 14.4 Å². The van der Waals surface area contributed by atoms with Crippen molar-refractivity contribution in [1.29, 1.82) is 0 Å². The van der Waals surface area contributed by atoms with Gasteiger partial charge in [0.25, 0.3) is 0 Å². The van der Waals surface area contributed by atoms with E-state index in [-0.39, 0.29) is 28.8 Å². The van der Waals surface area contributed by atoms with Crippen LogP contribution in [-0.2, 0) is 14.4 Å². The van der Waals surface area contributed by atoms with Crippen LogP contribution in [0.4, 0.5) is 0 Å². The summed E-state index contributed by atoms with van der Waals surface area (Å²) in [7, 11) is 0. The number of thioether (sulfide) groups is 1. The molecule has 0 aromatic heterocycles. The summed E-state index contributed by atoms with van der Waals surface area (Å²) in [6.45, 7) is 6.40. The fraction of sp³-hybridized carbons (Fsp3) is 0.864. The Morgan fingerprint density at radius 1 is 1.00 bits per heavy atom. The van der Waals surface area contributed by atoms with Gasteiger partial charge in [-0.1, -0.05) is 71.6 Å². The minimum absolute atomic E-state index is 0.00563.